The summed E-state index contributed by atoms with van der Waals surface area (Å²) in [6.45, 7) is 6.42. The fourth-order valence-corrected chi connectivity index (χ4v) is 11.2. The van der Waals surface area contributed by atoms with E-state index in [-0.39, 0.29) is 0 Å². The van der Waals surface area contributed by atoms with Gasteiger partial charge in [-0.3, -0.25) is 0 Å². The molecular formula is C67H47N5. The first-order valence-electron chi connectivity index (χ1n) is 24.7. The van der Waals surface area contributed by atoms with E-state index in [1.165, 1.54) is 76.6 Å². The lowest BCUT2D eigenvalue weighted by molar-refractivity contribution is 1.16. The number of aromatic nitrogens is 5. The average molecular weight is 922 g/mol. The van der Waals surface area contributed by atoms with Gasteiger partial charge in [-0.15, -0.1) is 0 Å². The van der Waals surface area contributed by atoms with Gasteiger partial charge in [0, 0.05) is 66.1 Å². The van der Waals surface area contributed by atoms with Gasteiger partial charge in [-0.1, -0.05) is 157 Å². The van der Waals surface area contributed by atoms with Crippen molar-refractivity contribution in [3.8, 4) is 62.1 Å². The predicted molar refractivity (Wildman–Crippen MR) is 301 cm³/mol. The second-order valence-corrected chi connectivity index (χ2v) is 19.2. The van der Waals surface area contributed by atoms with Gasteiger partial charge in [0.1, 0.15) is 0 Å². The van der Waals surface area contributed by atoms with Crippen molar-refractivity contribution in [3.63, 3.8) is 0 Å². The quantitative estimate of drug-likeness (QED) is 0.160. The van der Waals surface area contributed by atoms with Crippen LogP contribution in [0.5, 0.6) is 0 Å². The summed E-state index contributed by atoms with van der Waals surface area (Å²) in [6, 6.07) is 83.9. The number of hydrogen-bond acceptors (Lipinski definition) is 2. The van der Waals surface area contributed by atoms with E-state index in [1.807, 2.05) is 0 Å². The first-order chi connectivity index (χ1) is 35.4. The van der Waals surface area contributed by atoms with Crippen LogP contribution in [0.4, 0.5) is 0 Å². The first-order valence-corrected chi connectivity index (χ1v) is 24.7. The van der Waals surface area contributed by atoms with E-state index in [0.717, 1.165) is 67.6 Å². The van der Waals surface area contributed by atoms with Crippen LogP contribution in [0.25, 0.3) is 128 Å². The van der Waals surface area contributed by atoms with E-state index in [0.29, 0.717) is 0 Å². The van der Waals surface area contributed by atoms with Crippen LogP contribution in [-0.4, -0.2) is 23.7 Å². The Bertz CT molecular complexity index is 4110. The lowest BCUT2D eigenvalue weighted by atomic mass is 9.96. The third-order valence-electron chi connectivity index (χ3n) is 14.8. The molecular weight excluding hydrogens is 875 g/mol. The summed E-state index contributed by atoms with van der Waals surface area (Å²) < 4.78 is 7.27. The molecule has 0 unspecified atom stereocenters. The van der Waals surface area contributed by atoms with Crippen molar-refractivity contribution in [2.24, 2.45) is 0 Å². The zero-order valence-corrected chi connectivity index (χ0v) is 40.2. The minimum atomic E-state index is 0.719. The topological polar surface area (TPSA) is 40.6 Å². The second-order valence-electron chi connectivity index (χ2n) is 19.2. The van der Waals surface area contributed by atoms with Crippen LogP contribution in [0.1, 0.15) is 16.7 Å². The van der Waals surface area contributed by atoms with Crippen LogP contribution in [-0.2, 0) is 0 Å². The molecule has 72 heavy (non-hydrogen) atoms. The second kappa shape index (κ2) is 16.4. The van der Waals surface area contributed by atoms with E-state index in [4.69, 9.17) is 9.97 Å². The molecule has 0 saturated heterocycles. The predicted octanol–water partition coefficient (Wildman–Crippen LogP) is 17.4. The maximum absolute atomic E-state index is 5.16. The van der Waals surface area contributed by atoms with Gasteiger partial charge in [0.15, 0.2) is 5.82 Å². The average Bonchev–Trinajstić information content (AvgIpc) is 4.06. The van der Waals surface area contributed by atoms with E-state index < -0.39 is 0 Å². The molecule has 4 heterocycles. The Kier molecular flexibility index (Phi) is 9.48. The maximum atomic E-state index is 5.16. The Morgan fingerprint density at radius 2 is 0.653 bits per heavy atom. The molecule has 0 amide bonds. The molecule has 0 radical (unpaired) electrons. The van der Waals surface area contributed by atoms with E-state index in [2.05, 4.69) is 265 Å². The molecule has 0 aliphatic rings. The molecule has 0 aliphatic heterocycles. The van der Waals surface area contributed by atoms with Crippen molar-refractivity contribution in [2.45, 2.75) is 20.8 Å². The SMILES string of the molecule is Cc1ccc(-c2cc(-c3ccc(-c4ccc(-n5c6ccc(-n7c8ccccc8c8ccccc87)cc6c6cc(-n7c8ccccc8c8ccccc87)ccc65)cc4)c(C)c3)nc(-c3ccc(C)cc3)n2)cc1. The van der Waals surface area contributed by atoms with Crippen LogP contribution in [0.2, 0.25) is 0 Å². The molecule has 0 atom stereocenters. The number of fused-ring (bicyclic) bond motifs is 9. The molecule has 5 heteroatoms. The molecule has 0 saturated carbocycles. The number of aryl methyl sites for hydroxylation is 3. The lowest BCUT2D eigenvalue weighted by Gasteiger charge is -2.13. The summed E-state index contributed by atoms with van der Waals surface area (Å²) in [4.78, 5) is 10.2. The van der Waals surface area contributed by atoms with Crippen molar-refractivity contribution in [2.75, 3.05) is 0 Å². The van der Waals surface area contributed by atoms with Crippen LogP contribution >= 0.6 is 0 Å². The highest BCUT2D eigenvalue weighted by molar-refractivity contribution is 6.14. The standard InChI is InChI=1S/C67H47N5/c1-42-20-24-46(25-21-42)59-41-60(69-67(68-59)47-26-22-43(2)23-27-47)48-30-35-52(44(3)38-48)45-28-31-49(32-29-45)70-65-36-33-50(71-61-16-8-4-12-53(61)54-13-5-9-17-62(54)71)39-57(65)58-40-51(34-37-66(58)70)72-63-18-10-6-14-55(63)56-15-7-11-19-64(56)72/h4-41H,1-3H3. The van der Waals surface area contributed by atoms with Gasteiger partial charge in [-0.05, 0) is 122 Å². The van der Waals surface area contributed by atoms with Crippen LogP contribution in [0.15, 0.2) is 231 Å². The lowest BCUT2D eigenvalue weighted by Crippen LogP contribution is -1.97. The maximum Gasteiger partial charge on any atom is 0.160 e. The third kappa shape index (κ3) is 6.69. The number of benzene rings is 10. The Balaban J connectivity index is 0.893. The smallest absolute Gasteiger partial charge is 0.160 e. The summed E-state index contributed by atoms with van der Waals surface area (Å²) >= 11 is 0. The number of rotatable bonds is 7. The van der Waals surface area contributed by atoms with E-state index >= 15 is 0 Å². The van der Waals surface area contributed by atoms with Gasteiger partial charge in [0.05, 0.1) is 44.5 Å². The van der Waals surface area contributed by atoms with Crippen molar-refractivity contribution >= 4 is 65.4 Å². The van der Waals surface area contributed by atoms with E-state index in [1.54, 1.807) is 0 Å². The van der Waals surface area contributed by atoms with Gasteiger partial charge in [-0.2, -0.15) is 0 Å². The third-order valence-corrected chi connectivity index (χ3v) is 14.8. The number of para-hydroxylation sites is 4. The summed E-state index contributed by atoms with van der Waals surface area (Å²) in [5.74, 6) is 0.719. The molecule has 0 spiro atoms. The fourth-order valence-electron chi connectivity index (χ4n) is 11.2. The largest absolute Gasteiger partial charge is 0.309 e. The normalized spacial score (nSPS) is 11.8. The Morgan fingerprint density at radius 3 is 1.12 bits per heavy atom. The van der Waals surface area contributed by atoms with Crippen molar-refractivity contribution in [1.29, 1.82) is 0 Å². The molecule has 340 valence electrons. The van der Waals surface area contributed by atoms with Crippen LogP contribution in [0, 0.1) is 20.8 Å². The van der Waals surface area contributed by atoms with Crippen molar-refractivity contribution in [3.05, 3.63) is 247 Å². The van der Waals surface area contributed by atoms with Gasteiger partial charge in [-0.25, -0.2) is 9.97 Å². The zero-order valence-electron chi connectivity index (χ0n) is 40.2. The van der Waals surface area contributed by atoms with Crippen LogP contribution < -0.4 is 0 Å². The highest BCUT2D eigenvalue weighted by Gasteiger charge is 2.20. The van der Waals surface area contributed by atoms with E-state index in [9.17, 15) is 0 Å². The van der Waals surface area contributed by atoms with Gasteiger partial charge in [0.2, 0.25) is 0 Å². The van der Waals surface area contributed by atoms with Crippen LogP contribution in [0.3, 0.4) is 0 Å². The molecule has 0 bridgehead atoms. The minimum Gasteiger partial charge on any atom is -0.309 e. The molecule has 14 aromatic rings. The van der Waals surface area contributed by atoms with Gasteiger partial charge in [0.25, 0.3) is 0 Å². The number of nitrogens with zero attached hydrogens (tertiary/aromatic N) is 5. The van der Waals surface area contributed by atoms with Gasteiger partial charge >= 0.3 is 0 Å². The molecule has 5 nitrogen and oxygen atoms in total. The first kappa shape index (κ1) is 41.6. The Labute approximate surface area is 417 Å². The minimum absolute atomic E-state index is 0.719. The van der Waals surface area contributed by atoms with Crippen molar-refractivity contribution in [1.82, 2.24) is 23.7 Å². The molecule has 14 rings (SSSR count). The summed E-state index contributed by atoms with van der Waals surface area (Å²) in [5, 5.41) is 7.41. The zero-order chi connectivity index (χ0) is 48.0. The fraction of sp³-hybridized carbons (Fsp3) is 0.0448. The number of hydrogen-bond donors (Lipinski definition) is 0. The molecule has 0 aliphatic carbocycles. The Hall–Kier alpha value is -9.32. The summed E-state index contributed by atoms with van der Waals surface area (Å²) in [7, 11) is 0. The Morgan fingerprint density at radius 1 is 0.278 bits per heavy atom. The highest BCUT2D eigenvalue weighted by Crippen LogP contribution is 2.40. The highest BCUT2D eigenvalue weighted by atomic mass is 15.0. The molecule has 10 aromatic carbocycles. The summed E-state index contributed by atoms with van der Waals surface area (Å²) in [5.41, 5.74) is 21.4. The molecule has 0 fully saturated rings. The van der Waals surface area contributed by atoms with Crippen molar-refractivity contribution < 1.29 is 0 Å². The molecule has 4 aromatic heterocycles. The molecule has 0 N–H and O–H groups in total. The van der Waals surface area contributed by atoms with Gasteiger partial charge < -0.3 is 13.7 Å². The summed E-state index contributed by atoms with van der Waals surface area (Å²) in [6.07, 6.45) is 0. The monoisotopic (exact) mass is 921 g/mol.